The van der Waals surface area contributed by atoms with Gasteiger partial charge in [-0.25, -0.2) is 4.98 Å². The van der Waals surface area contributed by atoms with Crippen molar-refractivity contribution in [2.45, 2.75) is 58.4 Å². The summed E-state index contributed by atoms with van der Waals surface area (Å²) >= 11 is 0. The van der Waals surface area contributed by atoms with Gasteiger partial charge in [0.15, 0.2) is 0 Å². The number of hydrogen-bond acceptors (Lipinski definition) is 5. The Morgan fingerprint density at radius 2 is 2.17 bits per heavy atom. The maximum Gasteiger partial charge on any atom is 0.221 e. The van der Waals surface area contributed by atoms with E-state index in [2.05, 4.69) is 35.3 Å². The lowest BCUT2D eigenvalue weighted by molar-refractivity contribution is 0.215. The Balaban J connectivity index is 1.93. The lowest BCUT2D eigenvalue weighted by atomic mass is 9.95. The second-order valence-corrected chi connectivity index (χ2v) is 6.76. The maximum atomic E-state index is 5.90. The lowest BCUT2D eigenvalue weighted by Gasteiger charge is -2.37. The average molecular weight is 328 g/mol. The Hall–Kier alpha value is -2.04. The van der Waals surface area contributed by atoms with E-state index < -0.39 is 0 Å². The van der Waals surface area contributed by atoms with Crippen molar-refractivity contribution in [2.24, 2.45) is 0 Å². The molecule has 0 bridgehead atoms. The standard InChI is InChI=1S/C19H28N4O/c1-4-5-10-24-14(3)17-12-23(15-8-6-7-9-15)18-16(13(17)2)11-21-19(20)22-18/h11,15H,3-10,12H2,1-2H3,(H2,20,21,22). The van der Waals surface area contributed by atoms with E-state index in [0.29, 0.717) is 12.0 Å². The van der Waals surface area contributed by atoms with Gasteiger partial charge in [0.1, 0.15) is 11.6 Å². The third-order valence-electron chi connectivity index (χ3n) is 5.12. The first-order chi connectivity index (χ1) is 11.6. The van der Waals surface area contributed by atoms with E-state index in [4.69, 9.17) is 10.5 Å². The molecule has 0 saturated heterocycles. The van der Waals surface area contributed by atoms with Crippen molar-refractivity contribution < 1.29 is 4.74 Å². The minimum atomic E-state index is 0.339. The van der Waals surface area contributed by atoms with Crippen LogP contribution >= 0.6 is 0 Å². The number of rotatable bonds is 6. The lowest BCUT2D eigenvalue weighted by Crippen LogP contribution is -2.39. The number of fused-ring (bicyclic) bond motifs is 1. The molecule has 1 aliphatic heterocycles. The van der Waals surface area contributed by atoms with Gasteiger partial charge in [0.05, 0.1) is 6.61 Å². The van der Waals surface area contributed by atoms with Crippen molar-refractivity contribution in [1.29, 1.82) is 0 Å². The van der Waals surface area contributed by atoms with E-state index >= 15 is 0 Å². The predicted octanol–water partition coefficient (Wildman–Crippen LogP) is 3.93. The quantitative estimate of drug-likeness (QED) is 0.633. The summed E-state index contributed by atoms with van der Waals surface area (Å²) in [5, 5.41) is 0. The van der Waals surface area contributed by atoms with Crippen LogP contribution < -0.4 is 10.6 Å². The third kappa shape index (κ3) is 3.25. The van der Waals surface area contributed by atoms with E-state index in [1.54, 1.807) is 0 Å². The van der Waals surface area contributed by atoms with Crippen molar-refractivity contribution in [2.75, 3.05) is 23.8 Å². The van der Waals surface area contributed by atoms with Gasteiger partial charge in [0.2, 0.25) is 5.95 Å². The van der Waals surface area contributed by atoms with Crippen LogP contribution in [0.1, 0.15) is 57.9 Å². The molecule has 130 valence electrons. The topological polar surface area (TPSA) is 64.3 Å². The number of nitrogens with two attached hydrogens (primary N) is 1. The van der Waals surface area contributed by atoms with E-state index in [1.165, 1.54) is 31.3 Å². The van der Waals surface area contributed by atoms with Gasteiger partial charge in [-0.05, 0) is 31.8 Å². The zero-order valence-corrected chi connectivity index (χ0v) is 14.8. The summed E-state index contributed by atoms with van der Waals surface area (Å²) in [6.07, 6.45) is 8.99. The molecule has 1 aromatic heterocycles. The second kappa shape index (κ2) is 7.24. The van der Waals surface area contributed by atoms with Crippen molar-refractivity contribution in [3.05, 3.63) is 29.7 Å². The first kappa shape index (κ1) is 16.8. The molecule has 0 aromatic carbocycles. The third-order valence-corrected chi connectivity index (χ3v) is 5.12. The maximum absolute atomic E-state index is 5.90. The largest absolute Gasteiger partial charge is 0.494 e. The zero-order valence-electron chi connectivity index (χ0n) is 14.8. The fraction of sp³-hybridized carbons (Fsp3) is 0.579. The molecule has 2 aliphatic rings. The molecular formula is C19H28N4O. The summed E-state index contributed by atoms with van der Waals surface area (Å²) in [4.78, 5) is 11.1. The van der Waals surface area contributed by atoms with Crippen LogP contribution in [0.3, 0.4) is 0 Å². The van der Waals surface area contributed by atoms with Crippen LogP contribution in [0.25, 0.3) is 5.57 Å². The van der Waals surface area contributed by atoms with E-state index in [1.807, 2.05) is 6.20 Å². The number of nitrogens with zero attached hydrogens (tertiary/aromatic N) is 3. The molecule has 0 atom stereocenters. The fourth-order valence-corrected chi connectivity index (χ4v) is 3.64. The number of hydrogen-bond donors (Lipinski definition) is 1. The van der Waals surface area contributed by atoms with Crippen LogP contribution in [0, 0.1) is 0 Å². The molecule has 5 heteroatoms. The number of allylic oxidation sites excluding steroid dienone is 1. The van der Waals surface area contributed by atoms with E-state index in [-0.39, 0.29) is 0 Å². The monoisotopic (exact) mass is 328 g/mol. The van der Waals surface area contributed by atoms with Gasteiger partial charge >= 0.3 is 0 Å². The minimum absolute atomic E-state index is 0.339. The molecule has 3 rings (SSSR count). The highest BCUT2D eigenvalue weighted by Gasteiger charge is 2.32. The summed E-state index contributed by atoms with van der Waals surface area (Å²) in [5.41, 5.74) is 9.23. The van der Waals surface area contributed by atoms with Crippen molar-refractivity contribution >= 4 is 17.3 Å². The smallest absolute Gasteiger partial charge is 0.221 e. The highest BCUT2D eigenvalue weighted by Crippen LogP contribution is 2.39. The molecule has 24 heavy (non-hydrogen) atoms. The molecule has 0 spiro atoms. The van der Waals surface area contributed by atoms with E-state index in [0.717, 1.165) is 48.7 Å². The van der Waals surface area contributed by atoms with Crippen molar-refractivity contribution in [3.8, 4) is 0 Å². The van der Waals surface area contributed by atoms with Crippen LogP contribution in [0.4, 0.5) is 11.8 Å². The average Bonchev–Trinajstić information content (AvgIpc) is 3.09. The minimum Gasteiger partial charge on any atom is -0.494 e. The molecule has 0 unspecified atom stereocenters. The van der Waals surface area contributed by atoms with Crippen LogP contribution in [-0.4, -0.2) is 29.2 Å². The molecule has 1 fully saturated rings. The molecule has 5 nitrogen and oxygen atoms in total. The number of aromatic nitrogens is 2. The molecule has 0 amide bonds. The molecular weight excluding hydrogens is 300 g/mol. The van der Waals surface area contributed by atoms with Crippen molar-refractivity contribution in [3.63, 3.8) is 0 Å². The Morgan fingerprint density at radius 1 is 1.42 bits per heavy atom. The van der Waals surface area contributed by atoms with Gasteiger partial charge in [-0.1, -0.05) is 32.8 Å². The number of unbranched alkanes of at least 4 members (excludes halogenated alkanes) is 1. The SMILES string of the molecule is C=C(OCCCC)C1=C(C)c2cnc(N)nc2N(C2CCCC2)C1. The van der Waals surface area contributed by atoms with Crippen LogP contribution in [0.15, 0.2) is 24.1 Å². The van der Waals surface area contributed by atoms with Gasteiger partial charge in [-0.2, -0.15) is 4.98 Å². The number of nitrogen functional groups attached to an aromatic ring is 1. The van der Waals surface area contributed by atoms with Gasteiger partial charge in [0.25, 0.3) is 0 Å². The first-order valence-electron chi connectivity index (χ1n) is 9.03. The summed E-state index contributed by atoms with van der Waals surface area (Å²) in [6, 6.07) is 0.518. The zero-order chi connectivity index (χ0) is 17.1. The highest BCUT2D eigenvalue weighted by molar-refractivity contribution is 5.81. The highest BCUT2D eigenvalue weighted by atomic mass is 16.5. The normalized spacial score (nSPS) is 18.0. The second-order valence-electron chi connectivity index (χ2n) is 6.76. The molecule has 2 heterocycles. The van der Waals surface area contributed by atoms with Gasteiger partial charge < -0.3 is 15.4 Å². The summed E-state index contributed by atoms with van der Waals surface area (Å²) in [5.74, 6) is 2.09. The van der Waals surface area contributed by atoms with Gasteiger partial charge in [-0.15, -0.1) is 0 Å². The molecule has 2 N–H and O–H groups in total. The van der Waals surface area contributed by atoms with Crippen LogP contribution in [-0.2, 0) is 4.74 Å². The summed E-state index contributed by atoms with van der Waals surface area (Å²) < 4.78 is 5.90. The summed E-state index contributed by atoms with van der Waals surface area (Å²) in [7, 11) is 0. The number of ether oxygens (including phenoxy) is 1. The predicted molar refractivity (Wildman–Crippen MR) is 98.6 cm³/mol. The van der Waals surface area contributed by atoms with Crippen LogP contribution in [0.5, 0.6) is 0 Å². The van der Waals surface area contributed by atoms with Crippen LogP contribution in [0.2, 0.25) is 0 Å². The molecule has 1 aromatic rings. The Bertz CT molecular complexity index is 647. The Morgan fingerprint density at radius 3 is 2.88 bits per heavy atom. The summed E-state index contributed by atoms with van der Waals surface area (Å²) in [6.45, 7) is 9.97. The fourth-order valence-electron chi connectivity index (χ4n) is 3.64. The number of anilines is 2. The van der Waals surface area contributed by atoms with Crippen molar-refractivity contribution in [1.82, 2.24) is 9.97 Å². The van der Waals surface area contributed by atoms with Gasteiger partial charge in [-0.3, -0.25) is 0 Å². The Kier molecular flexibility index (Phi) is 5.07. The van der Waals surface area contributed by atoms with Gasteiger partial charge in [0, 0.05) is 29.9 Å². The Labute approximate surface area is 144 Å². The molecule has 1 saturated carbocycles. The molecule has 1 aliphatic carbocycles. The molecule has 0 radical (unpaired) electrons. The first-order valence-corrected chi connectivity index (χ1v) is 9.03. The van der Waals surface area contributed by atoms with E-state index in [9.17, 15) is 0 Å².